The third-order valence-corrected chi connectivity index (χ3v) is 5.22. The minimum atomic E-state index is -0.541. The number of nitrogens with two attached hydrogens (primary N) is 1. The van der Waals surface area contributed by atoms with Crippen molar-refractivity contribution in [2.45, 2.75) is 25.9 Å². The molecule has 1 saturated heterocycles. The van der Waals surface area contributed by atoms with Gasteiger partial charge in [0.1, 0.15) is 11.5 Å². The van der Waals surface area contributed by atoms with Gasteiger partial charge in [-0.15, -0.1) is 0 Å². The van der Waals surface area contributed by atoms with E-state index in [1.54, 1.807) is 24.4 Å². The highest BCUT2D eigenvalue weighted by Gasteiger charge is 2.19. The number of carbonyl (C=O) groups excluding carboxylic acids is 2. The molecular weight excluding hydrogens is 401 g/mol. The molecule has 3 N–H and O–H groups in total. The fourth-order valence-electron chi connectivity index (χ4n) is 3.77. The molecule has 0 unspecified atom stereocenters. The topological polar surface area (TPSA) is 105 Å². The summed E-state index contributed by atoms with van der Waals surface area (Å²) in [5, 5.41) is 11.0. The molecule has 1 aromatic carbocycles. The maximum Gasteiger partial charge on any atom is 0.295 e. The van der Waals surface area contributed by atoms with Gasteiger partial charge in [-0.05, 0) is 55.3 Å². The zero-order valence-electron chi connectivity index (χ0n) is 17.4. The van der Waals surface area contributed by atoms with Gasteiger partial charge in [-0.1, -0.05) is 12.1 Å². The van der Waals surface area contributed by atoms with E-state index >= 15 is 0 Å². The number of fused-ring (bicyclic) bond motifs is 1. The highest BCUT2D eigenvalue weighted by molar-refractivity contribution is 5.96. The first kappa shape index (κ1) is 22.4. The number of hydroxylamine groups is 2. The number of benzene rings is 1. The van der Waals surface area contributed by atoms with E-state index in [-0.39, 0.29) is 17.9 Å². The van der Waals surface area contributed by atoms with Gasteiger partial charge in [-0.25, -0.2) is 14.4 Å². The third-order valence-electron chi connectivity index (χ3n) is 5.22. The molecule has 1 fully saturated rings. The Balaban J connectivity index is 0.000000858. The van der Waals surface area contributed by atoms with Crippen LogP contribution < -0.4 is 5.73 Å². The zero-order valence-corrected chi connectivity index (χ0v) is 17.4. The minimum absolute atomic E-state index is 0.208. The first-order valence-electron chi connectivity index (χ1n) is 9.99. The summed E-state index contributed by atoms with van der Waals surface area (Å²) in [6.45, 7) is 3.53. The molecule has 0 bridgehead atoms. The largest absolute Gasteiger partial charge is 0.372 e. The molecule has 3 heterocycles. The Morgan fingerprint density at radius 1 is 1.26 bits per heavy atom. The van der Waals surface area contributed by atoms with Gasteiger partial charge in [-0.2, -0.15) is 0 Å². The number of rotatable bonds is 5. The number of nitrogens with zero attached hydrogens (tertiary/aromatic N) is 4. The Morgan fingerprint density at radius 3 is 2.52 bits per heavy atom. The standard InChI is InChI=1S/C21H23FN4O2.CH3NO/c1-24(28)21(27)19-10-18-16(13-25-8-2-3-9-25)14-26(20(18)11-23-19)12-15-4-6-17(22)7-5-15;2-1-3/h4-7,10-11,14,28H,2-3,8-9,12-13H2,1H3;1H,(H2,2,3). The number of pyridine rings is 1. The second-order valence-electron chi connectivity index (χ2n) is 7.44. The Morgan fingerprint density at radius 2 is 1.90 bits per heavy atom. The first-order valence-corrected chi connectivity index (χ1v) is 9.99. The van der Waals surface area contributed by atoms with Crippen molar-refractivity contribution in [2.75, 3.05) is 20.1 Å². The number of halogens is 1. The predicted octanol–water partition coefficient (Wildman–Crippen LogP) is 2.38. The van der Waals surface area contributed by atoms with Gasteiger partial charge in [0.2, 0.25) is 6.41 Å². The number of amides is 2. The molecule has 31 heavy (non-hydrogen) atoms. The molecule has 0 atom stereocenters. The molecule has 0 spiro atoms. The van der Waals surface area contributed by atoms with Crippen LogP contribution in [0, 0.1) is 5.82 Å². The predicted molar refractivity (Wildman–Crippen MR) is 114 cm³/mol. The van der Waals surface area contributed by atoms with Crippen molar-refractivity contribution in [3.05, 3.63) is 65.4 Å². The molecule has 0 saturated carbocycles. The molecule has 1 aliphatic rings. The molecular formula is C22H26FN5O3. The van der Waals surface area contributed by atoms with Crippen molar-refractivity contribution in [1.82, 2.24) is 19.5 Å². The minimum Gasteiger partial charge on any atom is -0.372 e. The normalized spacial score (nSPS) is 13.6. The summed E-state index contributed by atoms with van der Waals surface area (Å²) in [5.41, 5.74) is 7.40. The van der Waals surface area contributed by atoms with E-state index in [2.05, 4.69) is 26.4 Å². The quantitative estimate of drug-likeness (QED) is 0.370. The van der Waals surface area contributed by atoms with Crippen LogP contribution in [0.3, 0.4) is 0 Å². The molecule has 2 amide bonds. The molecule has 3 aromatic rings. The Bertz CT molecular complexity index is 1040. The second-order valence-corrected chi connectivity index (χ2v) is 7.44. The zero-order chi connectivity index (χ0) is 22.4. The van der Waals surface area contributed by atoms with Crippen LogP contribution in [0.2, 0.25) is 0 Å². The van der Waals surface area contributed by atoms with Crippen molar-refractivity contribution < 1.29 is 19.2 Å². The average Bonchev–Trinajstić information content (AvgIpc) is 3.38. The SMILES string of the molecule is CN(O)C(=O)c1cc2c(CN3CCCC3)cn(Cc3ccc(F)cc3)c2cn1.NC=O. The molecule has 0 radical (unpaired) electrons. The van der Waals surface area contributed by atoms with Gasteiger partial charge in [0.05, 0.1) is 11.7 Å². The maximum absolute atomic E-state index is 13.2. The Labute approximate surface area is 179 Å². The smallest absolute Gasteiger partial charge is 0.295 e. The van der Waals surface area contributed by atoms with E-state index in [9.17, 15) is 14.4 Å². The van der Waals surface area contributed by atoms with Crippen molar-refractivity contribution in [3.63, 3.8) is 0 Å². The van der Waals surface area contributed by atoms with Crippen molar-refractivity contribution >= 4 is 23.2 Å². The molecule has 2 aromatic heterocycles. The summed E-state index contributed by atoms with van der Waals surface area (Å²) < 4.78 is 15.3. The maximum atomic E-state index is 13.2. The Hall–Kier alpha value is -3.30. The molecule has 0 aliphatic carbocycles. The van der Waals surface area contributed by atoms with Crippen LogP contribution in [0.4, 0.5) is 4.39 Å². The van der Waals surface area contributed by atoms with Crippen molar-refractivity contribution in [3.8, 4) is 0 Å². The van der Waals surface area contributed by atoms with Gasteiger partial charge >= 0.3 is 0 Å². The van der Waals surface area contributed by atoms with E-state index < -0.39 is 5.91 Å². The van der Waals surface area contributed by atoms with E-state index in [0.717, 1.165) is 41.7 Å². The van der Waals surface area contributed by atoms with Gasteiger partial charge in [0.25, 0.3) is 5.91 Å². The number of primary amides is 1. The molecule has 8 nitrogen and oxygen atoms in total. The van der Waals surface area contributed by atoms with Crippen LogP contribution in [0.25, 0.3) is 10.9 Å². The van der Waals surface area contributed by atoms with E-state index in [4.69, 9.17) is 4.79 Å². The van der Waals surface area contributed by atoms with Crippen molar-refractivity contribution in [2.24, 2.45) is 5.73 Å². The summed E-state index contributed by atoms with van der Waals surface area (Å²) >= 11 is 0. The van der Waals surface area contributed by atoms with Crippen LogP contribution in [0.15, 0.2) is 42.7 Å². The van der Waals surface area contributed by atoms with Gasteiger partial charge < -0.3 is 10.3 Å². The summed E-state index contributed by atoms with van der Waals surface area (Å²) in [7, 11) is 1.29. The van der Waals surface area contributed by atoms with Crippen LogP contribution in [-0.2, 0) is 17.9 Å². The lowest BCUT2D eigenvalue weighted by Gasteiger charge is -2.13. The number of aromatic nitrogens is 2. The highest BCUT2D eigenvalue weighted by Crippen LogP contribution is 2.26. The van der Waals surface area contributed by atoms with Gasteiger partial charge in [-0.3, -0.25) is 19.7 Å². The van der Waals surface area contributed by atoms with Crippen molar-refractivity contribution in [1.29, 1.82) is 0 Å². The van der Waals surface area contributed by atoms with Crippen LogP contribution in [0.1, 0.15) is 34.5 Å². The number of carbonyl (C=O) groups is 2. The first-order chi connectivity index (χ1) is 14.9. The summed E-state index contributed by atoms with van der Waals surface area (Å²) in [6.07, 6.45) is 6.41. The average molecular weight is 427 g/mol. The summed E-state index contributed by atoms with van der Waals surface area (Å²) in [4.78, 5) is 27.4. The number of hydrogen-bond donors (Lipinski definition) is 2. The lowest BCUT2D eigenvalue weighted by atomic mass is 10.1. The van der Waals surface area contributed by atoms with Gasteiger partial charge in [0, 0.05) is 31.7 Å². The third kappa shape index (κ3) is 5.44. The fourth-order valence-corrected chi connectivity index (χ4v) is 3.77. The molecule has 164 valence electrons. The van der Waals surface area contributed by atoms with Crippen LogP contribution in [-0.4, -0.2) is 57.2 Å². The Kier molecular flexibility index (Phi) is 7.32. The monoisotopic (exact) mass is 427 g/mol. The molecule has 9 heteroatoms. The second kappa shape index (κ2) is 10.1. The van der Waals surface area contributed by atoms with E-state index in [1.807, 2.05) is 0 Å². The lowest BCUT2D eigenvalue weighted by molar-refractivity contribution is -0.106. The van der Waals surface area contributed by atoms with E-state index in [1.165, 1.54) is 32.0 Å². The van der Waals surface area contributed by atoms with Crippen LogP contribution >= 0.6 is 0 Å². The highest BCUT2D eigenvalue weighted by atomic mass is 19.1. The fraction of sp³-hybridized carbons (Fsp3) is 0.318. The summed E-state index contributed by atoms with van der Waals surface area (Å²) in [5.74, 6) is -0.797. The van der Waals surface area contributed by atoms with Gasteiger partial charge in [0.15, 0.2) is 0 Å². The summed E-state index contributed by atoms with van der Waals surface area (Å²) in [6, 6.07) is 8.20. The van der Waals surface area contributed by atoms with Crippen LogP contribution in [0.5, 0.6) is 0 Å². The molecule has 1 aliphatic heterocycles. The number of likely N-dealkylation sites (tertiary alicyclic amines) is 1. The number of hydrogen-bond acceptors (Lipinski definition) is 5. The lowest BCUT2D eigenvalue weighted by Crippen LogP contribution is -2.23. The molecule has 4 rings (SSSR count). The van der Waals surface area contributed by atoms with E-state index in [0.29, 0.717) is 11.6 Å².